The van der Waals surface area contributed by atoms with E-state index in [0.29, 0.717) is 38.5 Å². The summed E-state index contributed by atoms with van der Waals surface area (Å²) >= 11 is 6.17. The monoisotopic (exact) mass is 477 g/mol. The molecule has 170 valence electrons. The lowest BCUT2D eigenvalue weighted by molar-refractivity contribution is -0.274. The molecule has 7 nitrogen and oxygen atoms in total. The summed E-state index contributed by atoms with van der Waals surface area (Å²) < 4.78 is 51.2. The van der Waals surface area contributed by atoms with E-state index in [1.54, 1.807) is 13.0 Å². The van der Waals surface area contributed by atoms with Gasteiger partial charge in [0.2, 0.25) is 0 Å². The van der Waals surface area contributed by atoms with Gasteiger partial charge in [-0.25, -0.2) is 9.97 Å². The van der Waals surface area contributed by atoms with E-state index in [1.165, 1.54) is 37.7 Å². The molecule has 2 heterocycles. The van der Waals surface area contributed by atoms with Gasteiger partial charge in [0.25, 0.3) is 0 Å². The first kappa shape index (κ1) is 22.4. The van der Waals surface area contributed by atoms with Gasteiger partial charge in [-0.3, -0.25) is 4.79 Å². The van der Waals surface area contributed by atoms with E-state index in [1.807, 2.05) is 0 Å². The molecule has 33 heavy (non-hydrogen) atoms. The van der Waals surface area contributed by atoms with Crippen molar-refractivity contribution in [2.45, 2.75) is 13.3 Å². The highest BCUT2D eigenvalue weighted by molar-refractivity contribution is 6.32. The van der Waals surface area contributed by atoms with Crippen LogP contribution in [0.15, 0.2) is 53.6 Å². The first-order valence-corrected chi connectivity index (χ1v) is 9.78. The number of halogens is 4. The van der Waals surface area contributed by atoms with Gasteiger partial charge in [-0.2, -0.15) is 0 Å². The normalized spacial score (nSPS) is 11.5. The van der Waals surface area contributed by atoms with E-state index in [4.69, 9.17) is 21.1 Å². The topological polar surface area (TPSA) is 86.3 Å². The number of benzene rings is 2. The molecule has 1 N–H and O–H groups in total. The van der Waals surface area contributed by atoms with Crippen LogP contribution in [0.4, 0.5) is 13.2 Å². The lowest BCUT2D eigenvalue weighted by Gasteiger charge is -2.11. The van der Waals surface area contributed by atoms with Crippen molar-refractivity contribution in [2.75, 3.05) is 7.11 Å². The minimum atomic E-state index is -4.78. The average molecular weight is 478 g/mol. The zero-order chi connectivity index (χ0) is 23.8. The van der Waals surface area contributed by atoms with Gasteiger partial charge in [0.1, 0.15) is 17.2 Å². The summed E-state index contributed by atoms with van der Waals surface area (Å²) in [5, 5.41) is 0.680. The molecule has 0 saturated heterocycles. The smallest absolute Gasteiger partial charge is 0.495 e. The first-order chi connectivity index (χ1) is 15.6. The molecule has 0 spiro atoms. The Bertz CT molecular complexity index is 1370. The quantitative estimate of drug-likeness (QED) is 0.400. The Morgan fingerprint density at radius 1 is 1.03 bits per heavy atom. The number of aromatic nitrogens is 3. The van der Waals surface area contributed by atoms with E-state index < -0.39 is 6.36 Å². The van der Waals surface area contributed by atoms with E-state index in [2.05, 4.69) is 19.7 Å². The minimum absolute atomic E-state index is 0.0501. The summed E-state index contributed by atoms with van der Waals surface area (Å²) in [4.78, 5) is 24.5. The number of nitrogens with zero attached hydrogens (tertiary/aromatic N) is 2. The molecule has 2 aromatic carbocycles. The van der Waals surface area contributed by atoms with Crippen molar-refractivity contribution in [3.63, 3.8) is 0 Å². The molecular formula is C22H15ClF3N3O4. The largest absolute Gasteiger partial charge is 0.573 e. The van der Waals surface area contributed by atoms with Crippen molar-refractivity contribution < 1.29 is 27.4 Å². The number of alkyl halides is 3. The van der Waals surface area contributed by atoms with Crippen LogP contribution in [0.5, 0.6) is 23.3 Å². The Kier molecular flexibility index (Phi) is 5.86. The van der Waals surface area contributed by atoms with Gasteiger partial charge >= 0.3 is 12.4 Å². The maximum atomic E-state index is 13.1. The number of H-pyrrole nitrogens is 1. The Morgan fingerprint density at radius 3 is 2.27 bits per heavy atom. The molecule has 0 aliphatic carbocycles. The third-order valence-electron chi connectivity index (χ3n) is 4.64. The van der Waals surface area contributed by atoms with Gasteiger partial charge in [-0.1, -0.05) is 11.6 Å². The highest BCUT2D eigenvalue weighted by Crippen LogP contribution is 2.30. The summed E-state index contributed by atoms with van der Waals surface area (Å²) in [5.41, 5.74) is 1.71. The minimum Gasteiger partial charge on any atom is -0.495 e. The van der Waals surface area contributed by atoms with Crippen LogP contribution < -0.4 is 19.6 Å². The lowest BCUT2D eigenvalue weighted by Crippen LogP contribution is -2.16. The molecule has 11 heteroatoms. The molecule has 2 aromatic heterocycles. The van der Waals surface area contributed by atoms with Gasteiger partial charge < -0.3 is 19.2 Å². The summed E-state index contributed by atoms with van der Waals surface area (Å²) in [6.45, 7) is 1.74. The highest BCUT2D eigenvalue weighted by Gasteiger charge is 2.31. The van der Waals surface area contributed by atoms with Gasteiger partial charge in [-0.15, -0.1) is 13.2 Å². The number of aryl methyl sites for hydroxylation is 1. The third-order valence-corrected chi connectivity index (χ3v) is 4.94. The fourth-order valence-electron chi connectivity index (χ4n) is 3.23. The van der Waals surface area contributed by atoms with E-state index in [9.17, 15) is 18.0 Å². The Hall–Kier alpha value is -3.79. The molecule has 0 aliphatic rings. The number of aromatic amines is 1. The van der Waals surface area contributed by atoms with Gasteiger partial charge in [0.05, 0.1) is 23.2 Å². The van der Waals surface area contributed by atoms with Crippen molar-refractivity contribution >= 4 is 22.5 Å². The van der Waals surface area contributed by atoms with Crippen LogP contribution in [0.25, 0.3) is 22.0 Å². The number of pyridine rings is 1. The summed E-state index contributed by atoms with van der Waals surface area (Å²) in [7, 11) is 1.48. The molecule has 0 fully saturated rings. The van der Waals surface area contributed by atoms with Crippen molar-refractivity contribution in [3.8, 4) is 34.4 Å². The molecule has 0 atom stereocenters. The molecular weight excluding hydrogens is 463 g/mol. The van der Waals surface area contributed by atoms with Crippen molar-refractivity contribution in [2.24, 2.45) is 0 Å². The van der Waals surface area contributed by atoms with E-state index in [0.717, 1.165) is 12.1 Å². The van der Waals surface area contributed by atoms with Crippen molar-refractivity contribution in [1.82, 2.24) is 15.0 Å². The number of hydrogen-bond donors (Lipinski definition) is 1. The van der Waals surface area contributed by atoms with E-state index >= 15 is 0 Å². The second kappa shape index (κ2) is 8.62. The molecule has 0 bridgehead atoms. The van der Waals surface area contributed by atoms with Crippen LogP contribution in [-0.2, 0) is 0 Å². The summed E-state index contributed by atoms with van der Waals surface area (Å²) in [6, 6.07) is 7.91. The Balaban J connectivity index is 1.60. The summed E-state index contributed by atoms with van der Waals surface area (Å²) in [6.07, 6.45) is -1.95. The van der Waals surface area contributed by atoms with Crippen LogP contribution in [0.1, 0.15) is 5.69 Å². The molecule has 0 unspecified atom stereocenters. The first-order valence-electron chi connectivity index (χ1n) is 9.41. The second-order valence-electron chi connectivity index (χ2n) is 6.86. The summed E-state index contributed by atoms with van der Waals surface area (Å²) in [5.74, 6) is 0.269. The van der Waals surface area contributed by atoms with Crippen LogP contribution in [0.3, 0.4) is 0 Å². The second-order valence-corrected chi connectivity index (χ2v) is 7.27. The Labute approximate surface area is 189 Å². The fourth-order valence-corrected chi connectivity index (χ4v) is 3.47. The van der Waals surface area contributed by atoms with Crippen molar-refractivity contribution in [1.29, 1.82) is 0 Å². The number of nitrogens with one attached hydrogen (secondary N) is 1. The molecule has 0 radical (unpaired) electrons. The Morgan fingerprint density at radius 2 is 1.67 bits per heavy atom. The fraction of sp³-hybridized carbons (Fsp3) is 0.136. The van der Waals surface area contributed by atoms with Gasteiger partial charge in [-0.05, 0) is 37.3 Å². The van der Waals surface area contributed by atoms with Gasteiger partial charge in [0, 0.05) is 35.1 Å². The predicted molar refractivity (Wildman–Crippen MR) is 115 cm³/mol. The zero-order valence-electron chi connectivity index (χ0n) is 17.2. The molecule has 0 saturated carbocycles. The third kappa shape index (κ3) is 4.85. The van der Waals surface area contributed by atoms with Crippen LogP contribution in [0.2, 0.25) is 5.02 Å². The average Bonchev–Trinajstić information content (AvgIpc) is 2.75. The number of hydrogen-bond acceptors (Lipinski definition) is 6. The standard InChI is InChI=1S/C22H15ClF3N3O4/c1-11-19(20(30)15-7-16(23)18(31-2)8-17(15)29-11)12-9-27-21(28-10-12)32-13-3-5-14(6-4-13)33-22(24,25)26/h3-10H,1-2H3,(H,29,30). The number of ether oxygens (including phenoxy) is 3. The van der Waals surface area contributed by atoms with Gasteiger partial charge in [0.15, 0.2) is 5.43 Å². The maximum absolute atomic E-state index is 13.1. The predicted octanol–water partition coefficient (Wildman–Crippen LogP) is 5.65. The molecule has 4 aromatic rings. The number of rotatable bonds is 5. The number of fused-ring (bicyclic) bond motifs is 1. The molecule has 4 rings (SSSR count). The van der Waals surface area contributed by atoms with E-state index in [-0.39, 0.29) is 22.9 Å². The zero-order valence-corrected chi connectivity index (χ0v) is 17.9. The highest BCUT2D eigenvalue weighted by atomic mass is 35.5. The number of methoxy groups -OCH3 is 1. The lowest BCUT2D eigenvalue weighted by atomic mass is 10.0. The van der Waals surface area contributed by atoms with Crippen LogP contribution in [0, 0.1) is 6.92 Å². The molecule has 0 amide bonds. The van der Waals surface area contributed by atoms with Crippen molar-refractivity contribution in [3.05, 3.63) is 69.7 Å². The maximum Gasteiger partial charge on any atom is 0.573 e. The molecule has 0 aliphatic heterocycles. The van der Waals surface area contributed by atoms with Crippen LogP contribution >= 0.6 is 11.6 Å². The van der Waals surface area contributed by atoms with Crippen LogP contribution in [-0.4, -0.2) is 28.4 Å². The SMILES string of the molecule is COc1cc2[nH]c(C)c(-c3cnc(Oc4ccc(OC(F)(F)F)cc4)nc3)c(=O)c2cc1Cl.